The van der Waals surface area contributed by atoms with Gasteiger partial charge in [-0.1, -0.05) is 41.4 Å². The molecule has 0 bridgehead atoms. The van der Waals surface area contributed by atoms with Crippen LogP contribution in [0.2, 0.25) is 0 Å². The van der Waals surface area contributed by atoms with Crippen LogP contribution < -0.4 is 10.6 Å². The van der Waals surface area contributed by atoms with Gasteiger partial charge >= 0.3 is 0 Å². The van der Waals surface area contributed by atoms with Gasteiger partial charge in [-0.15, -0.1) is 0 Å². The molecular formula is C14H20BrN3. The third kappa shape index (κ3) is 4.02. The lowest BCUT2D eigenvalue weighted by atomic mass is 9.97. The Morgan fingerprint density at radius 3 is 3.06 bits per heavy atom. The molecule has 1 heterocycles. The van der Waals surface area contributed by atoms with E-state index in [0.717, 1.165) is 36.5 Å². The number of hydrogen-bond donors (Lipinski definition) is 2. The molecule has 1 aromatic rings. The third-order valence-electron chi connectivity index (χ3n) is 3.22. The van der Waals surface area contributed by atoms with Gasteiger partial charge < -0.3 is 10.6 Å². The molecule has 0 saturated carbocycles. The lowest BCUT2D eigenvalue weighted by Gasteiger charge is -2.16. The lowest BCUT2D eigenvalue weighted by Crippen LogP contribution is -2.37. The first-order valence-electron chi connectivity index (χ1n) is 6.54. The van der Waals surface area contributed by atoms with E-state index in [-0.39, 0.29) is 0 Å². The molecule has 0 fully saturated rings. The molecule has 1 atom stereocenters. The molecule has 4 heteroatoms. The van der Waals surface area contributed by atoms with Crippen LogP contribution in [0.25, 0.3) is 0 Å². The molecule has 0 spiro atoms. The number of nitrogens with zero attached hydrogens (tertiary/aromatic N) is 1. The normalized spacial score (nSPS) is 16.0. The molecule has 2 rings (SSSR count). The van der Waals surface area contributed by atoms with E-state index in [1.54, 1.807) is 0 Å². The highest BCUT2D eigenvalue weighted by atomic mass is 79.9. The fraction of sp³-hybridized carbons (Fsp3) is 0.500. The number of halogens is 1. The van der Waals surface area contributed by atoms with E-state index in [0.29, 0.717) is 5.92 Å². The summed E-state index contributed by atoms with van der Waals surface area (Å²) in [6.45, 7) is 5.08. The van der Waals surface area contributed by atoms with E-state index >= 15 is 0 Å². The predicted octanol–water partition coefficient (Wildman–Crippen LogP) is 2.57. The first kappa shape index (κ1) is 13.4. The van der Waals surface area contributed by atoms with Crippen molar-refractivity contribution >= 4 is 21.9 Å². The molecule has 98 valence electrons. The van der Waals surface area contributed by atoms with E-state index in [4.69, 9.17) is 0 Å². The fourth-order valence-electron chi connectivity index (χ4n) is 2.12. The van der Waals surface area contributed by atoms with Crippen molar-refractivity contribution in [3.05, 3.63) is 34.3 Å². The summed E-state index contributed by atoms with van der Waals surface area (Å²) in [4.78, 5) is 4.35. The summed E-state index contributed by atoms with van der Waals surface area (Å²) < 4.78 is 1.16. The average molecular weight is 310 g/mol. The average Bonchev–Trinajstić information content (AvgIpc) is 2.87. The minimum absolute atomic E-state index is 0.643. The van der Waals surface area contributed by atoms with Crippen LogP contribution in [0.1, 0.15) is 18.9 Å². The summed E-state index contributed by atoms with van der Waals surface area (Å²) in [5.74, 6) is 1.60. The molecular weight excluding hydrogens is 290 g/mol. The van der Waals surface area contributed by atoms with E-state index in [1.165, 1.54) is 12.0 Å². The zero-order valence-corrected chi connectivity index (χ0v) is 12.3. The minimum Gasteiger partial charge on any atom is -0.356 e. The molecule has 0 unspecified atom stereocenters. The second-order valence-electron chi connectivity index (χ2n) is 4.65. The summed E-state index contributed by atoms with van der Waals surface area (Å²) in [7, 11) is 0. The van der Waals surface area contributed by atoms with Crippen LogP contribution in [0.5, 0.6) is 0 Å². The van der Waals surface area contributed by atoms with E-state index in [9.17, 15) is 0 Å². The maximum atomic E-state index is 4.35. The molecule has 18 heavy (non-hydrogen) atoms. The summed E-state index contributed by atoms with van der Waals surface area (Å²) in [5, 5.41) is 6.64. The Bertz CT molecular complexity index is 417. The largest absolute Gasteiger partial charge is 0.356 e. The molecule has 0 amide bonds. The van der Waals surface area contributed by atoms with E-state index in [1.807, 2.05) is 0 Å². The standard InChI is InChI=1S/C14H20BrN3/c1-2-11(10-18-14-16-6-7-17-14)8-12-4-3-5-13(15)9-12/h3-5,9,11H,2,6-8,10H2,1H3,(H2,16,17,18)/t11-/m0/s1. The quantitative estimate of drug-likeness (QED) is 0.877. The van der Waals surface area contributed by atoms with Crippen molar-refractivity contribution in [2.24, 2.45) is 10.9 Å². The Hall–Kier alpha value is -1.03. The van der Waals surface area contributed by atoms with Crippen LogP contribution in [0.4, 0.5) is 0 Å². The van der Waals surface area contributed by atoms with Gasteiger partial charge in [-0.05, 0) is 30.0 Å². The number of hydrogen-bond acceptors (Lipinski definition) is 3. The van der Waals surface area contributed by atoms with Gasteiger partial charge in [0.2, 0.25) is 0 Å². The first-order chi connectivity index (χ1) is 8.78. The Labute approximate surface area is 117 Å². The van der Waals surface area contributed by atoms with Crippen LogP contribution in [0, 0.1) is 5.92 Å². The number of benzene rings is 1. The molecule has 0 saturated heterocycles. The van der Waals surface area contributed by atoms with Crippen molar-refractivity contribution in [3.8, 4) is 0 Å². The van der Waals surface area contributed by atoms with Gasteiger partial charge in [0.15, 0.2) is 5.96 Å². The van der Waals surface area contributed by atoms with Crippen LogP contribution in [0.3, 0.4) is 0 Å². The Morgan fingerprint density at radius 1 is 1.50 bits per heavy atom. The van der Waals surface area contributed by atoms with Gasteiger partial charge in [-0.25, -0.2) is 0 Å². The van der Waals surface area contributed by atoms with E-state index < -0.39 is 0 Å². The molecule has 0 radical (unpaired) electrons. The fourth-order valence-corrected chi connectivity index (χ4v) is 2.56. The number of aliphatic imine (C=N–C) groups is 1. The molecule has 2 N–H and O–H groups in total. The third-order valence-corrected chi connectivity index (χ3v) is 3.72. The van der Waals surface area contributed by atoms with Gasteiger partial charge in [-0.3, -0.25) is 4.99 Å². The highest BCUT2D eigenvalue weighted by Crippen LogP contribution is 2.16. The van der Waals surface area contributed by atoms with E-state index in [2.05, 4.69) is 62.7 Å². The topological polar surface area (TPSA) is 36.4 Å². The predicted molar refractivity (Wildman–Crippen MR) is 79.9 cm³/mol. The Morgan fingerprint density at radius 2 is 2.39 bits per heavy atom. The highest BCUT2D eigenvalue weighted by Gasteiger charge is 2.10. The van der Waals surface area contributed by atoms with Gasteiger partial charge in [0.05, 0.1) is 6.54 Å². The Kier molecular flexibility index (Phi) is 5.05. The second kappa shape index (κ2) is 6.78. The molecule has 1 aliphatic rings. The molecule has 0 aliphatic carbocycles. The van der Waals surface area contributed by atoms with Crippen LogP contribution in [-0.2, 0) is 6.42 Å². The van der Waals surface area contributed by atoms with Crippen LogP contribution in [0.15, 0.2) is 33.7 Å². The SMILES string of the molecule is CC[C@H](CNC1=NCCN1)Cc1cccc(Br)c1. The van der Waals surface area contributed by atoms with Crippen molar-refractivity contribution in [2.75, 3.05) is 19.6 Å². The van der Waals surface area contributed by atoms with Gasteiger partial charge in [0.25, 0.3) is 0 Å². The summed E-state index contributed by atoms with van der Waals surface area (Å²) in [6.07, 6.45) is 2.28. The van der Waals surface area contributed by atoms with Crippen molar-refractivity contribution in [1.82, 2.24) is 10.6 Å². The van der Waals surface area contributed by atoms with Crippen LogP contribution >= 0.6 is 15.9 Å². The van der Waals surface area contributed by atoms with Crippen molar-refractivity contribution < 1.29 is 0 Å². The minimum atomic E-state index is 0.643. The zero-order chi connectivity index (χ0) is 12.8. The van der Waals surface area contributed by atoms with Gasteiger partial charge in [0, 0.05) is 17.6 Å². The zero-order valence-electron chi connectivity index (χ0n) is 10.7. The maximum Gasteiger partial charge on any atom is 0.191 e. The highest BCUT2D eigenvalue weighted by molar-refractivity contribution is 9.10. The summed E-state index contributed by atoms with van der Waals surface area (Å²) >= 11 is 3.52. The smallest absolute Gasteiger partial charge is 0.191 e. The summed E-state index contributed by atoms with van der Waals surface area (Å²) in [5.41, 5.74) is 1.39. The molecule has 3 nitrogen and oxygen atoms in total. The van der Waals surface area contributed by atoms with Crippen molar-refractivity contribution in [3.63, 3.8) is 0 Å². The Balaban J connectivity index is 1.84. The monoisotopic (exact) mass is 309 g/mol. The van der Waals surface area contributed by atoms with Gasteiger partial charge in [0.1, 0.15) is 0 Å². The number of guanidine groups is 1. The number of rotatable bonds is 5. The maximum absolute atomic E-state index is 4.35. The lowest BCUT2D eigenvalue weighted by molar-refractivity contribution is 0.495. The van der Waals surface area contributed by atoms with Gasteiger partial charge in [-0.2, -0.15) is 0 Å². The summed E-state index contributed by atoms with van der Waals surface area (Å²) in [6, 6.07) is 8.56. The van der Waals surface area contributed by atoms with Crippen LogP contribution in [-0.4, -0.2) is 25.6 Å². The first-order valence-corrected chi connectivity index (χ1v) is 7.34. The molecule has 1 aliphatic heterocycles. The van der Waals surface area contributed by atoms with Crippen molar-refractivity contribution in [2.45, 2.75) is 19.8 Å². The van der Waals surface area contributed by atoms with Crippen molar-refractivity contribution in [1.29, 1.82) is 0 Å². The molecule has 1 aromatic carbocycles. The molecule has 0 aromatic heterocycles. The second-order valence-corrected chi connectivity index (χ2v) is 5.56. The number of nitrogens with one attached hydrogen (secondary N) is 2.